The summed E-state index contributed by atoms with van der Waals surface area (Å²) in [5.74, 6) is -0.264. The number of furan rings is 1. The monoisotopic (exact) mass is 490 g/mol. The molecule has 0 bridgehead atoms. The van der Waals surface area contributed by atoms with Gasteiger partial charge in [0, 0.05) is 17.2 Å². The average Bonchev–Trinajstić information content (AvgIpc) is 3.52. The van der Waals surface area contributed by atoms with E-state index in [1.807, 2.05) is 12.1 Å². The van der Waals surface area contributed by atoms with Crippen LogP contribution in [-0.2, 0) is 9.53 Å². The van der Waals surface area contributed by atoms with E-state index in [4.69, 9.17) is 16.0 Å². The second kappa shape index (κ2) is 10.1. The molecule has 2 aromatic heterocycles. The molecule has 0 fully saturated rings. The third-order valence-electron chi connectivity index (χ3n) is 4.62. The quantitative estimate of drug-likeness (QED) is 0.217. The van der Waals surface area contributed by atoms with E-state index >= 15 is 0 Å². The molecule has 0 saturated heterocycles. The predicted molar refractivity (Wildman–Crippen MR) is 128 cm³/mol. The lowest BCUT2D eigenvalue weighted by atomic mass is 10.1. The van der Waals surface area contributed by atoms with Crippen LogP contribution >= 0.6 is 22.9 Å². The summed E-state index contributed by atoms with van der Waals surface area (Å²) >= 11 is 7.32. The Balaban J connectivity index is 1.48. The number of carbonyl (C=O) groups is 2. The van der Waals surface area contributed by atoms with E-state index in [2.05, 4.69) is 20.3 Å². The molecular weight excluding hydrogens is 476 g/mol. The van der Waals surface area contributed by atoms with Gasteiger partial charge in [-0.15, -0.1) is 10.2 Å². The number of amides is 1. The van der Waals surface area contributed by atoms with Gasteiger partial charge in [0.15, 0.2) is 5.01 Å². The first-order valence-electron chi connectivity index (χ1n) is 9.78. The second-order valence-corrected chi connectivity index (χ2v) is 8.17. The highest BCUT2D eigenvalue weighted by Gasteiger charge is 2.16. The fourth-order valence-corrected chi connectivity index (χ4v) is 4.01. The number of nitrogens with one attached hydrogen (secondary N) is 1. The average molecular weight is 491 g/mol. The minimum Gasteiger partial charge on any atom is -0.465 e. The summed E-state index contributed by atoms with van der Waals surface area (Å²) in [5.41, 5.74) is 1.66. The maximum atomic E-state index is 12.6. The zero-order valence-electron chi connectivity index (χ0n) is 17.6. The molecular formula is C24H15ClN4O4S. The van der Waals surface area contributed by atoms with E-state index in [0.717, 1.165) is 16.9 Å². The second-order valence-electron chi connectivity index (χ2n) is 6.79. The van der Waals surface area contributed by atoms with Crippen LogP contribution in [0.15, 0.2) is 70.7 Å². The third-order valence-corrected chi connectivity index (χ3v) is 5.82. The molecule has 34 heavy (non-hydrogen) atoms. The van der Waals surface area contributed by atoms with E-state index in [-0.39, 0.29) is 10.7 Å². The van der Waals surface area contributed by atoms with Crippen LogP contribution in [0.25, 0.3) is 28.0 Å². The standard InChI is InChI=1S/C24H15ClN4O4S/c1-32-23(31)15-8-6-14(7-9-15)20-11-10-17(33-20)12-16(13-26)21(30)27-24-29-28-22(34-24)18-4-2-3-5-19(18)25/h2-12H,1H3,(H,27,29,30)/b16-12-. The van der Waals surface area contributed by atoms with Gasteiger partial charge in [-0.3, -0.25) is 10.1 Å². The minimum absolute atomic E-state index is 0.170. The lowest BCUT2D eigenvalue weighted by Crippen LogP contribution is -2.13. The number of esters is 1. The van der Waals surface area contributed by atoms with Crippen molar-refractivity contribution >= 4 is 46.0 Å². The number of ether oxygens (including phenoxy) is 1. The first-order chi connectivity index (χ1) is 16.5. The molecule has 10 heteroatoms. The van der Waals surface area contributed by atoms with Gasteiger partial charge in [-0.05, 0) is 30.3 Å². The van der Waals surface area contributed by atoms with Gasteiger partial charge >= 0.3 is 5.97 Å². The van der Waals surface area contributed by atoms with Gasteiger partial charge in [-0.2, -0.15) is 5.26 Å². The molecule has 2 aromatic carbocycles. The summed E-state index contributed by atoms with van der Waals surface area (Å²) < 4.78 is 10.4. The normalized spacial score (nSPS) is 11.0. The molecule has 8 nitrogen and oxygen atoms in total. The number of nitrogens with zero attached hydrogens (tertiary/aromatic N) is 3. The topological polar surface area (TPSA) is 118 Å². The zero-order valence-corrected chi connectivity index (χ0v) is 19.2. The van der Waals surface area contributed by atoms with E-state index in [1.54, 1.807) is 54.6 Å². The SMILES string of the molecule is COC(=O)c1ccc(-c2ccc(/C=C(/C#N)C(=O)Nc3nnc(-c4ccccc4Cl)s3)o2)cc1. The lowest BCUT2D eigenvalue weighted by Gasteiger charge is -2.01. The Bertz CT molecular complexity index is 1430. The number of anilines is 1. The van der Waals surface area contributed by atoms with Crippen molar-refractivity contribution in [1.29, 1.82) is 5.26 Å². The fourth-order valence-electron chi connectivity index (χ4n) is 2.95. The first-order valence-corrected chi connectivity index (χ1v) is 11.0. The highest BCUT2D eigenvalue weighted by Crippen LogP contribution is 2.32. The van der Waals surface area contributed by atoms with E-state index < -0.39 is 11.9 Å². The Hall–Kier alpha value is -4.26. The van der Waals surface area contributed by atoms with Crippen LogP contribution in [0.1, 0.15) is 16.1 Å². The molecule has 0 saturated carbocycles. The highest BCUT2D eigenvalue weighted by atomic mass is 35.5. The summed E-state index contributed by atoms with van der Waals surface area (Å²) in [5, 5.41) is 21.3. The van der Waals surface area contributed by atoms with Crippen molar-refractivity contribution in [3.05, 3.63) is 82.6 Å². The Morgan fingerprint density at radius 1 is 1.12 bits per heavy atom. The number of rotatable bonds is 6. The van der Waals surface area contributed by atoms with Gasteiger partial charge in [0.25, 0.3) is 5.91 Å². The van der Waals surface area contributed by atoms with E-state index in [1.165, 1.54) is 13.2 Å². The summed E-state index contributed by atoms with van der Waals surface area (Å²) in [6.45, 7) is 0. The predicted octanol–water partition coefficient (Wildman–Crippen LogP) is 5.45. The summed E-state index contributed by atoms with van der Waals surface area (Å²) in [4.78, 5) is 24.2. The summed E-state index contributed by atoms with van der Waals surface area (Å²) in [7, 11) is 1.31. The van der Waals surface area contributed by atoms with Crippen molar-refractivity contribution in [3.8, 4) is 28.0 Å². The van der Waals surface area contributed by atoms with Crippen molar-refractivity contribution in [1.82, 2.24) is 10.2 Å². The molecule has 0 spiro atoms. The van der Waals surface area contributed by atoms with Crippen LogP contribution in [0.5, 0.6) is 0 Å². The van der Waals surface area contributed by atoms with Crippen LogP contribution in [0.4, 0.5) is 5.13 Å². The zero-order chi connectivity index (χ0) is 24.1. The third kappa shape index (κ3) is 5.04. The Morgan fingerprint density at radius 2 is 1.88 bits per heavy atom. The van der Waals surface area contributed by atoms with Crippen molar-refractivity contribution in [3.63, 3.8) is 0 Å². The van der Waals surface area contributed by atoms with Crippen LogP contribution in [0, 0.1) is 11.3 Å². The largest absolute Gasteiger partial charge is 0.465 e. The summed E-state index contributed by atoms with van der Waals surface area (Å²) in [6.07, 6.45) is 1.33. The number of aromatic nitrogens is 2. The van der Waals surface area contributed by atoms with Crippen LogP contribution in [-0.4, -0.2) is 29.2 Å². The molecule has 4 rings (SSSR count). The number of methoxy groups -OCH3 is 1. The summed E-state index contributed by atoms with van der Waals surface area (Å²) in [6, 6.07) is 19.0. The maximum absolute atomic E-state index is 12.6. The molecule has 0 aliphatic rings. The van der Waals surface area contributed by atoms with E-state index in [0.29, 0.717) is 32.7 Å². The van der Waals surface area contributed by atoms with Gasteiger partial charge in [0.2, 0.25) is 5.13 Å². The number of hydrogen-bond acceptors (Lipinski definition) is 8. The van der Waals surface area contributed by atoms with Crippen molar-refractivity contribution in [2.75, 3.05) is 12.4 Å². The van der Waals surface area contributed by atoms with Gasteiger partial charge in [0.1, 0.15) is 23.2 Å². The van der Waals surface area contributed by atoms with Crippen LogP contribution < -0.4 is 5.32 Å². The molecule has 0 radical (unpaired) electrons. The molecule has 0 aliphatic carbocycles. The van der Waals surface area contributed by atoms with Gasteiger partial charge in [-0.1, -0.05) is 53.3 Å². The molecule has 2 heterocycles. The molecule has 1 N–H and O–H groups in total. The van der Waals surface area contributed by atoms with Gasteiger partial charge in [0.05, 0.1) is 17.7 Å². The number of halogens is 1. The fraction of sp³-hybridized carbons (Fsp3) is 0.0417. The number of benzene rings is 2. The Morgan fingerprint density at radius 3 is 2.59 bits per heavy atom. The molecule has 0 aliphatic heterocycles. The van der Waals surface area contributed by atoms with Crippen LogP contribution in [0.3, 0.4) is 0 Å². The highest BCUT2D eigenvalue weighted by molar-refractivity contribution is 7.18. The molecule has 0 atom stereocenters. The van der Waals surface area contributed by atoms with Gasteiger partial charge in [-0.25, -0.2) is 4.79 Å². The molecule has 4 aromatic rings. The number of nitriles is 1. The molecule has 168 valence electrons. The number of hydrogen-bond donors (Lipinski definition) is 1. The smallest absolute Gasteiger partial charge is 0.337 e. The first kappa shape index (κ1) is 22.9. The van der Waals surface area contributed by atoms with Crippen molar-refractivity contribution < 1.29 is 18.7 Å². The number of carbonyl (C=O) groups excluding carboxylic acids is 2. The molecule has 0 unspecified atom stereocenters. The van der Waals surface area contributed by atoms with Crippen molar-refractivity contribution in [2.45, 2.75) is 0 Å². The van der Waals surface area contributed by atoms with Crippen molar-refractivity contribution in [2.24, 2.45) is 0 Å². The maximum Gasteiger partial charge on any atom is 0.337 e. The lowest BCUT2D eigenvalue weighted by molar-refractivity contribution is -0.112. The Labute approximate surface area is 203 Å². The van der Waals surface area contributed by atoms with E-state index in [9.17, 15) is 14.9 Å². The minimum atomic E-state index is -0.648. The van der Waals surface area contributed by atoms with Crippen LogP contribution in [0.2, 0.25) is 5.02 Å². The van der Waals surface area contributed by atoms with Gasteiger partial charge < -0.3 is 9.15 Å². The molecule has 1 amide bonds. The Kier molecular flexibility index (Phi) is 6.82.